The van der Waals surface area contributed by atoms with Gasteiger partial charge in [0.1, 0.15) is 0 Å². The van der Waals surface area contributed by atoms with Crippen molar-refractivity contribution in [3.8, 4) is 0 Å². The summed E-state index contributed by atoms with van der Waals surface area (Å²) < 4.78 is 26.4. The van der Waals surface area contributed by atoms with Crippen molar-refractivity contribution >= 4 is 15.9 Å². The second kappa shape index (κ2) is 9.52. The zero-order valence-electron chi connectivity index (χ0n) is 17.1. The number of amides is 1. The molecule has 156 valence electrons. The zero-order valence-corrected chi connectivity index (χ0v) is 17.9. The first-order valence-electron chi connectivity index (χ1n) is 9.95. The standard InChI is InChI=1S/C22H29N3O3S/c1-18-9-11-21(12-10-18)29(27,28)24(2)17-22(26)23-15-19-7-3-4-8-20(19)16-25-13-5-6-14-25/h3-4,7-12H,5-6,13-17H2,1-2H3,(H,23,26). The summed E-state index contributed by atoms with van der Waals surface area (Å²) in [6.45, 7) is 5.18. The maximum Gasteiger partial charge on any atom is 0.243 e. The van der Waals surface area contributed by atoms with E-state index in [1.54, 1.807) is 24.3 Å². The van der Waals surface area contributed by atoms with Gasteiger partial charge in [-0.15, -0.1) is 0 Å². The second-order valence-corrected chi connectivity index (χ2v) is 9.65. The minimum atomic E-state index is -3.69. The van der Waals surface area contributed by atoms with Gasteiger partial charge in [-0.25, -0.2) is 8.42 Å². The van der Waals surface area contributed by atoms with Crippen molar-refractivity contribution in [2.24, 2.45) is 0 Å². The predicted molar refractivity (Wildman–Crippen MR) is 114 cm³/mol. The number of likely N-dealkylation sites (N-methyl/N-ethyl adjacent to an activating group) is 1. The number of carbonyl (C=O) groups excluding carboxylic acids is 1. The highest BCUT2D eigenvalue weighted by Gasteiger charge is 2.23. The van der Waals surface area contributed by atoms with Crippen LogP contribution < -0.4 is 5.32 Å². The lowest BCUT2D eigenvalue weighted by atomic mass is 10.1. The van der Waals surface area contributed by atoms with Crippen LogP contribution in [0.3, 0.4) is 0 Å². The molecule has 0 spiro atoms. The van der Waals surface area contributed by atoms with Crippen LogP contribution in [0.4, 0.5) is 0 Å². The molecule has 3 rings (SSSR count). The van der Waals surface area contributed by atoms with Crippen molar-refractivity contribution in [2.45, 2.75) is 37.8 Å². The lowest BCUT2D eigenvalue weighted by Gasteiger charge is -2.19. The number of hydrogen-bond donors (Lipinski definition) is 1. The molecular weight excluding hydrogens is 386 g/mol. The summed E-state index contributed by atoms with van der Waals surface area (Å²) in [4.78, 5) is 15.0. The molecule has 0 aromatic heterocycles. The average molecular weight is 416 g/mol. The van der Waals surface area contributed by atoms with E-state index in [0.29, 0.717) is 6.54 Å². The van der Waals surface area contributed by atoms with Crippen molar-refractivity contribution < 1.29 is 13.2 Å². The SMILES string of the molecule is Cc1ccc(S(=O)(=O)N(C)CC(=O)NCc2ccccc2CN2CCCC2)cc1. The van der Waals surface area contributed by atoms with E-state index in [1.807, 2.05) is 25.1 Å². The molecule has 0 radical (unpaired) electrons. The van der Waals surface area contributed by atoms with Gasteiger partial charge in [-0.3, -0.25) is 9.69 Å². The highest BCUT2D eigenvalue weighted by molar-refractivity contribution is 7.89. The zero-order chi connectivity index (χ0) is 20.9. The number of sulfonamides is 1. The van der Waals surface area contributed by atoms with Gasteiger partial charge in [0.25, 0.3) is 0 Å². The van der Waals surface area contributed by atoms with E-state index in [1.165, 1.54) is 25.5 Å². The Morgan fingerprint density at radius 2 is 1.66 bits per heavy atom. The Bertz CT molecular complexity index is 936. The smallest absolute Gasteiger partial charge is 0.243 e. The summed E-state index contributed by atoms with van der Waals surface area (Å²) in [6, 6.07) is 14.7. The number of nitrogens with zero attached hydrogens (tertiary/aromatic N) is 2. The number of hydrogen-bond acceptors (Lipinski definition) is 4. The molecule has 0 saturated carbocycles. The van der Waals surface area contributed by atoms with E-state index in [-0.39, 0.29) is 17.3 Å². The summed E-state index contributed by atoms with van der Waals surface area (Å²) in [5.74, 6) is -0.320. The Hall–Kier alpha value is -2.22. The molecule has 1 saturated heterocycles. The fourth-order valence-electron chi connectivity index (χ4n) is 3.49. The number of rotatable bonds is 8. The van der Waals surface area contributed by atoms with Gasteiger partial charge in [-0.2, -0.15) is 4.31 Å². The molecule has 0 unspecified atom stereocenters. The van der Waals surface area contributed by atoms with E-state index in [0.717, 1.165) is 35.1 Å². The van der Waals surface area contributed by atoms with Gasteiger partial charge in [0, 0.05) is 20.1 Å². The lowest BCUT2D eigenvalue weighted by Crippen LogP contribution is -2.38. The van der Waals surface area contributed by atoms with Gasteiger partial charge in [0.15, 0.2) is 0 Å². The molecule has 29 heavy (non-hydrogen) atoms. The Balaban J connectivity index is 1.58. The van der Waals surface area contributed by atoms with Gasteiger partial charge in [-0.1, -0.05) is 42.0 Å². The van der Waals surface area contributed by atoms with E-state index in [9.17, 15) is 13.2 Å². The molecule has 0 bridgehead atoms. The van der Waals surface area contributed by atoms with Crippen LogP contribution in [0, 0.1) is 6.92 Å². The molecule has 1 N–H and O–H groups in total. The van der Waals surface area contributed by atoms with Crippen LogP contribution in [0.2, 0.25) is 0 Å². The fraction of sp³-hybridized carbons (Fsp3) is 0.409. The molecular formula is C22H29N3O3S. The molecule has 0 aliphatic carbocycles. The molecule has 1 fully saturated rings. The monoisotopic (exact) mass is 415 g/mol. The lowest BCUT2D eigenvalue weighted by molar-refractivity contribution is -0.121. The van der Waals surface area contributed by atoms with Crippen molar-refractivity contribution in [3.63, 3.8) is 0 Å². The summed E-state index contributed by atoms with van der Waals surface area (Å²) in [6.07, 6.45) is 2.47. The highest BCUT2D eigenvalue weighted by Crippen LogP contribution is 2.17. The minimum absolute atomic E-state index is 0.189. The van der Waals surface area contributed by atoms with E-state index < -0.39 is 10.0 Å². The highest BCUT2D eigenvalue weighted by atomic mass is 32.2. The first-order valence-corrected chi connectivity index (χ1v) is 11.4. The summed E-state index contributed by atoms with van der Waals surface area (Å²) in [7, 11) is -2.27. The van der Waals surface area contributed by atoms with Crippen LogP contribution in [0.1, 0.15) is 29.5 Å². The Morgan fingerprint density at radius 1 is 1.03 bits per heavy atom. The number of likely N-dealkylation sites (tertiary alicyclic amines) is 1. The Morgan fingerprint density at radius 3 is 2.31 bits per heavy atom. The van der Waals surface area contributed by atoms with Crippen molar-refractivity contribution in [3.05, 3.63) is 65.2 Å². The average Bonchev–Trinajstić information content (AvgIpc) is 3.20. The molecule has 1 aliphatic rings. The van der Waals surface area contributed by atoms with Crippen molar-refractivity contribution in [1.29, 1.82) is 0 Å². The molecule has 6 nitrogen and oxygen atoms in total. The third-order valence-corrected chi connectivity index (χ3v) is 7.10. The van der Waals surface area contributed by atoms with Crippen molar-refractivity contribution in [1.82, 2.24) is 14.5 Å². The molecule has 1 heterocycles. The van der Waals surface area contributed by atoms with Crippen LogP contribution >= 0.6 is 0 Å². The topological polar surface area (TPSA) is 69.7 Å². The van der Waals surface area contributed by atoms with Crippen LogP contribution in [-0.2, 0) is 27.9 Å². The van der Waals surface area contributed by atoms with E-state index in [2.05, 4.69) is 16.3 Å². The fourth-order valence-corrected chi connectivity index (χ4v) is 4.62. The van der Waals surface area contributed by atoms with Crippen LogP contribution in [0.15, 0.2) is 53.4 Å². The molecule has 1 amide bonds. The maximum atomic E-state index is 12.6. The van der Waals surface area contributed by atoms with Gasteiger partial charge in [0.05, 0.1) is 11.4 Å². The van der Waals surface area contributed by atoms with Gasteiger partial charge >= 0.3 is 0 Å². The van der Waals surface area contributed by atoms with E-state index in [4.69, 9.17) is 0 Å². The Labute approximate surface area is 173 Å². The van der Waals surface area contributed by atoms with E-state index >= 15 is 0 Å². The first kappa shape index (κ1) is 21.5. The van der Waals surface area contributed by atoms with Crippen LogP contribution in [-0.4, -0.2) is 50.2 Å². The van der Waals surface area contributed by atoms with Crippen molar-refractivity contribution in [2.75, 3.05) is 26.7 Å². The number of benzene rings is 2. The first-order chi connectivity index (χ1) is 13.9. The molecule has 2 aromatic rings. The summed E-state index contributed by atoms with van der Waals surface area (Å²) >= 11 is 0. The predicted octanol–water partition coefficient (Wildman–Crippen LogP) is 2.53. The molecule has 0 atom stereocenters. The number of carbonyl (C=O) groups is 1. The number of nitrogens with one attached hydrogen (secondary N) is 1. The molecule has 1 aliphatic heterocycles. The second-order valence-electron chi connectivity index (χ2n) is 7.60. The number of aryl methyl sites for hydroxylation is 1. The van der Waals surface area contributed by atoms with Crippen LogP contribution in [0.25, 0.3) is 0 Å². The normalized spacial score (nSPS) is 15.0. The largest absolute Gasteiger partial charge is 0.351 e. The Kier molecular flexibility index (Phi) is 7.05. The maximum absolute atomic E-state index is 12.6. The van der Waals surface area contributed by atoms with Gasteiger partial charge in [-0.05, 0) is 56.1 Å². The molecule has 2 aromatic carbocycles. The van der Waals surface area contributed by atoms with Gasteiger partial charge in [0.2, 0.25) is 15.9 Å². The third-order valence-electron chi connectivity index (χ3n) is 5.28. The minimum Gasteiger partial charge on any atom is -0.351 e. The summed E-state index contributed by atoms with van der Waals surface area (Å²) in [5.41, 5.74) is 3.25. The molecule has 7 heteroatoms. The summed E-state index contributed by atoms with van der Waals surface area (Å²) in [5, 5.41) is 2.86. The van der Waals surface area contributed by atoms with Gasteiger partial charge < -0.3 is 5.32 Å². The van der Waals surface area contributed by atoms with Crippen LogP contribution in [0.5, 0.6) is 0 Å². The third kappa shape index (κ3) is 5.65. The quantitative estimate of drug-likeness (QED) is 0.719.